The van der Waals surface area contributed by atoms with Gasteiger partial charge in [0.2, 0.25) is 0 Å². The normalized spacial score (nSPS) is 18.8. The molecule has 2 rings (SSSR count). The first-order valence-corrected chi connectivity index (χ1v) is 6.54. The Morgan fingerprint density at radius 1 is 1.38 bits per heavy atom. The standard InChI is InChI=1S/C11H17N3OS/c1-2-13-3-5-14(6-4-13)7-11-12-10(8-15)9-16-11/h8-9H,2-7H2,1H3. The summed E-state index contributed by atoms with van der Waals surface area (Å²) < 4.78 is 0. The van der Waals surface area contributed by atoms with E-state index in [1.165, 1.54) is 0 Å². The first-order valence-electron chi connectivity index (χ1n) is 5.66. The number of carbonyl (C=O) groups excluding carboxylic acids is 1. The molecule has 0 N–H and O–H groups in total. The van der Waals surface area contributed by atoms with Gasteiger partial charge in [0.25, 0.3) is 0 Å². The summed E-state index contributed by atoms with van der Waals surface area (Å²) >= 11 is 1.58. The van der Waals surface area contributed by atoms with Crippen molar-refractivity contribution in [3.8, 4) is 0 Å². The van der Waals surface area contributed by atoms with E-state index in [4.69, 9.17) is 0 Å². The van der Waals surface area contributed by atoms with Crippen molar-refractivity contribution in [2.24, 2.45) is 0 Å². The lowest BCUT2D eigenvalue weighted by Crippen LogP contribution is -2.45. The smallest absolute Gasteiger partial charge is 0.169 e. The van der Waals surface area contributed by atoms with Gasteiger partial charge in [0.15, 0.2) is 6.29 Å². The molecule has 0 aliphatic carbocycles. The molecule has 0 radical (unpaired) electrons. The maximum atomic E-state index is 10.5. The van der Waals surface area contributed by atoms with E-state index in [0.717, 1.165) is 50.6 Å². The lowest BCUT2D eigenvalue weighted by molar-refractivity contribution is 0.111. The zero-order chi connectivity index (χ0) is 11.4. The Bertz CT molecular complexity index is 345. The number of rotatable bonds is 4. The lowest BCUT2D eigenvalue weighted by Gasteiger charge is -2.33. The molecule has 2 heterocycles. The fourth-order valence-electron chi connectivity index (χ4n) is 1.91. The molecule has 16 heavy (non-hydrogen) atoms. The van der Waals surface area contributed by atoms with Gasteiger partial charge in [0.05, 0.1) is 6.54 Å². The van der Waals surface area contributed by atoms with E-state index in [2.05, 4.69) is 21.7 Å². The summed E-state index contributed by atoms with van der Waals surface area (Å²) in [4.78, 5) is 19.6. The van der Waals surface area contributed by atoms with E-state index in [0.29, 0.717) is 5.69 Å². The van der Waals surface area contributed by atoms with Crippen LogP contribution in [0.3, 0.4) is 0 Å². The Balaban J connectivity index is 1.84. The van der Waals surface area contributed by atoms with Gasteiger partial charge in [-0.25, -0.2) is 4.98 Å². The van der Waals surface area contributed by atoms with Gasteiger partial charge in [-0.15, -0.1) is 11.3 Å². The molecular weight excluding hydrogens is 222 g/mol. The molecule has 0 bridgehead atoms. The number of hydrogen-bond acceptors (Lipinski definition) is 5. The van der Waals surface area contributed by atoms with Gasteiger partial charge in [-0.05, 0) is 6.54 Å². The van der Waals surface area contributed by atoms with Crippen LogP contribution in [0.5, 0.6) is 0 Å². The van der Waals surface area contributed by atoms with Gasteiger partial charge < -0.3 is 4.90 Å². The minimum Gasteiger partial charge on any atom is -0.301 e. The molecule has 88 valence electrons. The molecule has 1 aromatic rings. The second-order valence-electron chi connectivity index (χ2n) is 3.99. The van der Waals surface area contributed by atoms with Crippen LogP contribution in [0.4, 0.5) is 0 Å². The molecule has 1 saturated heterocycles. The maximum absolute atomic E-state index is 10.5. The second-order valence-corrected chi connectivity index (χ2v) is 4.94. The van der Waals surface area contributed by atoms with Crippen molar-refractivity contribution in [1.29, 1.82) is 0 Å². The van der Waals surface area contributed by atoms with Crippen molar-refractivity contribution in [3.05, 3.63) is 16.1 Å². The summed E-state index contributed by atoms with van der Waals surface area (Å²) in [5.41, 5.74) is 0.562. The van der Waals surface area contributed by atoms with Crippen molar-refractivity contribution < 1.29 is 4.79 Å². The first kappa shape index (κ1) is 11.7. The van der Waals surface area contributed by atoms with Crippen LogP contribution in [-0.4, -0.2) is 53.8 Å². The van der Waals surface area contributed by atoms with Crippen LogP contribution in [-0.2, 0) is 6.54 Å². The fraction of sp³-hybridized carbons (Fsp3) is 0.636. The average Bonchev–Trinajstić information content (AvgIpc) is 2.78. The summed E-state index contributed by atoms with van der Waals surface area (Å²) in [6, 6.07) is 0. The van der Waals surface area contributed by atoms with E-state index in [-0.39, 0.29) is 0 Å². The SMILES string of the molecule is CCN1CCN(Cc2nc(C=O)cs2)CC1. The summed E-state index contributed by atoms with van der Waals surface area (Å²) in [5, 5.41) is 2.87. The molecule has 0 spiro atoms. The number of carbonyl (C=O) groups is 1. The number of nitrogens with zero attached hydrogens (tertiary/aromatic N) is 3. The molecule has 0 aromatic carbocycles. The molecule has 4 nitrogen and oxygen atoms in total. The quantitative estimate of drug-likeness (QED) is 0.737. The van der Waals surface area contributed by atoms with Gasteiger partial charge >= 0.3 is 0 Å². The van der Waals surface area contributed by atoms with Crippen LogP contribution in [0, 0.1) is 0 Å². The van der Waals surface area contributed by atoms with E-state index in [9.17, 15) is 4.79 Å². The van der Waals surface area contributed by atoms with Crippen LogP contribution in [0.1, 0.15) is 22.4 Å². The fourth-order valence-corrected chi connectivity index (χ4v) is 2.69. The van der Waals surface area contributed by atoms with Crippen LogP contribution in [0.2, 0.25) is 0 Å². The molecule has 0 atom stereocenters. The molecule has 0 unspecified atom stereocenters. The Morgan fingerprint density at radius 3 is 2.62 bits per heavy atom. The Kier molecular flexibility index (Phi) is 4.04. The molecule has 1 aliphatic heterocycles. The largest absolute Gasteiger partial charge is 0.301 e. The third kappa shape index (κ3) is 2.87. The van der Waals surface area contributed by atoms with Crippen molar-refractivity contribution >= 4 is 17.6 Å². The average molecular weight is 239 g/mol. The molecule has 0 amide bonds. The Hall–Kier alpha value is -0.780. The van der Waals surface area contributed by atoms with Gasteiger partial charge in [-0.1, -0.05) is 6.92 Å². The number of aldehydes is 1. The van der Waals surface area contributed by atoms with Crippen molar-refractivity contribution in [2.75, 3.05) is 32.7 Å². The summed E-state index contributed by atoms with van der Waals surface area (Å²) in [6.45, 7) is 8.71. The molecular formula is C11H17N3OS. The van der Waals surface area contributed by atoms with E-state index in [1.54, 1.807) is 11.3 Å². The maximum Gasteiger partial charge on any atom is 0.169 e. The van der Waals surface area contributed by atoms with Crippen LogP contribution >= 0.6 is 11.3 Å². The monoisotopic (exact) mass is 239 g/mol. The summed E-state index contributed by atoms with van der Waals surface area (Å²) in [6.07, 6.45) is 0.815. The van der Waals surface area contributed by atoms with Gasteiger partial charge in [-0.3, -0.25) is 9.69 Å². The zero-order valence-corrected chi connectivity index (χ0v) is 10.4. The number of hydrogen-bond donors (Lipinski definition) is 0. The highest BCUT2D eigenvalue weighted by Gasteiger charge is 2.16. The molecule has 1 aromatic heterocycles. The zero-order valence-electron chi connectivity index (χ0n) is 9.56. The van der Waals surface area contributed by atoms with E-state index >= 15 is 0 Å². The third-order valence-corrected chi connectivity index (χ3v) is 3.81. The molecule has 0 saturated carbocycles. The van der Waals surface area contributed by atoms with Crippen molar-refractivity contribution in [2.45, 2.75) is 13.5 Å². The van der Waals surface area contributed by atoms with Gasteiger partial charge in [-0.2, -0.15) is 0 Å². The van der Waals surface area contributed by atoms with Crippen molar-refractivity contribution in [1.82, 2.24) is 14.8 Å². The summed E-state index contributed by atoms with van der Waals surface area (Å²) in [7, 11) is 0. The van der Waals surface area contributed by atoms with Crippen molar-refractivity contribution in [3.63, 3.8) is 0 Å². The third-order valence-electron chi connectivity index (χ3n) is 2.96. The Morgan fingerprint density at radius 2 is 2.06 bits per heavy atom. The molecule has 5 heteroatoms. The minimum atomic E-state index is 0.562. The Labute approximate surface area is 99.9 Å². The van der Waals surface area contributed by atoms with E-state index in [1.807, 2.05) is 5.38 Å². The molecule has 1 aliphatic rings. The number of piperazine rings is 1. The highest BCUT2D eigenvalue weighted by Crippen LogP contribution is 2.12. The highest BCUT2D eigenvalue weighted by molar-refractivity contribution is 7.09. The van der Waals surface area contributed by atoms with Crippen LogP contribution in [0.15, 0.2) is 5.38 Å². The number of thiazole rings is 1. The van der Waals surface area contributed by atoms with Crippen LogP contribution < -0.4 is 0 Å². The predicted octanol–water partition coefficient (Wildman–Crippen LogP) is 1.09. The van der Waals surface area contributed by atoms with Gasteiger partial charge in [0, 0.05) is 31.6 Å². The van der Waals surface area contributed by atoms with Crippen LogP contribution in [0.25, 0.3) is 0 Å². The van der Waals surface area contributed by atoms with E-state index < -0.39 is 0 Å². The lowest BCUT2D eigenvalue weighted by atomic mass is 10.3. The number of likely N-dealkylation sites (N-methyl/N-ethyl adjacent to an activating group) is 1. The number of aromatic nitrogens is 1. The second kappa shape index (κ2) is 5.52. The highest BCUT2D eigenvalue weighted by atomic mass is 32.1. The molecule has 1 fully saturated rings. The summed E-state index contributed by atoms with van der Waals surface area (Å²) in [5.74, 6) is 0. The predicted molar refractivity (Wildman–Crippen MR) is 64.9 cm³/mol. The minimum absolute atomic E-state index is 0.562. The van der Waals surface area contributed by atoms with Gasteiger partial charge in [0.1, 0.15) is 10.7 Å². The first-order chi connectivity index (χ1) is 7.81. The topological polar surface area (TPSA) is 36.4 Å².